The highest BCUT2D eigenvalue weighted by molar-refractivity contribution is 7.80. The molecule has 1 atom stereocenters. The van der Waals surface area contributed by atoms with Crippen LogP contribution in [0.25, 0.3) is 0 Å². The summed E-state index contributed by atoms with van der Waals surface area (Å²) in [5.74, 6) is 0. The van der Waals surface area contributed by atoms with Crippen molar-refractivity contribution in [1.82, 2.24) is 9.88 Å². The van der Waals surface area contributed by atoms with E-state index in [1.165, 1.54) is 44.2 Å². The highest BCUT2D eigenvalue weighted by atomic mass is 32.1. The van der Waals surface area contributed by atoms with E-state index in [1.54, 1.807) is 0 Å². The van der Waals surface area contributed by atoms with Gasteiger partial charge < -0.3 is 5.73 Å². The Balaban J connectivity index is 2.06. The zero-order valence-corrected chi connectivity index (χ0v) is 12.5. The fourth-order valence-corrected chi connectivity index (χ4v) is 2.98. The lowest BCUT2D eigenvalue weighted by molar-refractivity contribution is 0.131. The summed E-state index contributed by atoms with van der Waals surface area (Å²) in [7, 11) is 0. The predicted molar refractivity (Wildman–Crippen MR) is 83.1 cm³/mol. The lowest BCUT2D eigenvalue weighted by Gasteiger charge is -2.35. The van der Waals surface area contributed by atoms with Crippen molar-refractivity contribution >= 4 is 17.2 Å². The maximum atomic E-state index is 5.65. The van der Waals surface area contributed by atoms with Crippen molar-refractivity contribution in [1.29, 1.82) is 0 Å². The van der Waals surface area contributed by atoms with Gasteiger partial charge >= 0.3 is 0 Å². The average Bonchev–Trinajstić information content (AvgIpc) is 2.41. The van der Waals surface area contributed by atoms with Gasteiger partial charge in [-0.25, -0.2) is 0 Å². The molecule has 0 aliphatic carbocycles. The van der Waals surface area contributed by atoms with E-state index in [0.29, 0.717) is 4.99 Å². The maximum Gasteiger partial charge on any atom is 0.122 e. The van der Waals surface area contributed by atoms with Gasteiger partial charge in [0.2, 0.25) is 0 Å². The van der Waals surface area contributed by atoms with Crippen LogP contribution in [0.3, 0.4) is 0 Å². The molecule has 0 aromatic carbocycles. The number of hydrogen-bond acceptors (Lipinski definition) is 3. The third-order valence-electron chi connectivity index (χ3n) is 3.83. The van der Waals surface area contributed by atoms with Crippen molar-refractivity contribution in [2.75, 3.05) is 6.54 Å². The van der Waals surface area contributed by atoms with Crippen molar-refractivity contribution in [3.63, 3.8) is 0 Å². The van der Waals surface area contributed by atoms with Gasteiger partial charge in [0.25, 0.3) is 0 Å². The topological polar surface area (TPSA) is 42.2 Å². The molecular formula is C15H23N3S. The van der Waals surface area contributed by atoms with E-state index < -0.39 is 0 Å². The van der Waals surface area contributed by atoms with E-state index in [0.717, 1.165) is 18.3 Å². The van der Waals surface area contributed by atoms with Gasteiger partial charge in [-0.05, 0) is 43.5 Å². The number of rotatable bonds is 5. The fourth-order valence-electron chi connectivity index (χ4n) is 2.87. The molecule has 1 aliphatic heterocycles. The SMILES string of the molecule is CCCC1CCCCN1Cc1ccnc(C(N)=S)c1. The van der Waals surface area contributed by atoms with E-state index in [9.17, 15) is 0 Å². The summed E-state index contributed by atoms with van der Waals surface area (Å²) in [5.41, 5.74) is 7.64. The molecular weight excluding hydrogens is 254 g/mol. The van der Waals surface area contributed by atoms with Gasteiger partial charge in [-0.3, -0.25) is 9.88 Å². The summed E-state index contributed by atoms with van der Waals surface area (Å²) in [6.07, 6.45) is 8.38. The van der Waals surface area contributed by atoms with Gasteiger partial charge in [-0.1, -0.05) is 32.0 Å². The van der Waals surface area contributed by atoms with E-state index in [2.05, 4.69) is 22.9 Å². The molecule has 2 heterocycles. The second kappa shape index (κ2) is 6.96. The number of aromatic nitrogens is 1. The largest absolute Gasteiger partial charge is 0.388 e. The molecule has 0 spiro atoms. The summed E-state index contributed by atoms with van der Waals surface area (Å²) in [5, 5.41) is 0. The molecule has 3 nitrogen and oxygen atoms in total. The van der Waals surface area contributed by atoms with Crippen LogP contribution in [0, 0.1) is 0 Å². The zero-order chi connectivity index (χ0) is 13.7. The van der Waals surface area contributed by atoms with E-state index >= 15 is 0 Å². The van der Waals surface area contributed by atoms with E-state index in [-0.39, 0.29) is 0 Å². The Labute approximate surface area is 121 Å². The number of nitrogens with two attached hydrogens (primary N) is 1. The standard InChI is InChI=1S/C15H23N3S/c1-2-5-13-6-3-4-9-18(13)11-12-7-8-17-14(10-12)15(16)19/h7-8,10,13H,2-6,9,11H2,1H3,(H2,16,19). The molecule has 0 amide bonds. The molecule has 104 valence electrons. The Hall–Kier alpha value is -1.00. The van der Waals surface area contributed by atoms with Gasteiger partial charge in [0.1, 0.15) is 4.99 Å². The van der Waals surface area contributed by atoms with Gasteiger partial charge in [0.15, 0.2) is 0 Å². The Morgan fingerprint density at radius 2 is 2.37 bits per heavy atom. The highest BCUT2D eigenvalue weighted by Gasteiger charge is 2.21. The Bertz CT molecular complexity index is 431. The number of thiocarbonyl (C=S) groups is 1. The van der Waals surface area contributed by atoms with Crippen LogP contribution in [0.4, 0.5) is 0 Å². The van der Waals surface area contributed by atoms with Crippen molar-refractivity contribution in [3.05, 3.63) is 29.6 Å². The maximum absolute atomic E-state index is 5.65. The minimum atomic E-state index is 0.380. The second-order valence-electron chi connectivity index (χ2n) is 5.32. The lowest BCUT2D eigenvalue weighted by Crippen LogP contribution is -2.38. The average molecular weight is 277 g/mol. The molecule has 2 rings (SSSR count). The van der Waals surface area contributed by atoms with Crippen LogP contribution in [0.15, 0.2) is 18.3 Å². The fraction of sp³-hybridized carbons (Fsp3) is 0.600. The highest BCUT2D eigenvalue weighted by Crippen LogP contribution is 2.22. The normalized spacial score (nSPS) is 20.4. The van der Waals surface area contributed by atoms with Crippen LogP contribution in [-0.4, -0.2) is 27.5 Å². The monoisotopic (exact) mass is 277 g/mol. The number of hydrogen-bond donors (Lipinski definition) is 1. The Kier molecular flexibility index (Phi) is 5.28. The smallest absolute Gasteiger partial charge is 0.122 e. The van der Waals surface area contributed by atoms with E-state index in [4.69, 9.17) is 18.0 Å². The first-order chi connectivity index (χ1) is 9.20. The summed E-state index contributed by atoms with van der Waals surface area (Å²) in [4.78, 5) is 7.19. The van der Waals surface area contributed by atoms with Gasteiger partial charge in [-0.15, -0.1) is 0 Å². The van der Waals surface area contributed by atoms with Crippen LogP contribution in [-0.2, 0) is 6.54 Å². The molecule has 1 aliphatic rings. The summed E-state index contributed by atoms with van der Waals surface area (Å²) < 4.78 is 0. The van der Waals surface area contributed by atoms with Gasteiger partial charge in [0.05, 0.1) is 5.69 Å². The molecule has 1 unspecified atom stereocenters. The van der Waals surface area contributed by atoms with Crippen LogP contribution in [0.5, 0.6) is 0 Å². The van der Waals surface area contributed by atoms with Crippen LogP contribution in [0.1, 0.15) is 50.3 Å². The Morgan fingerprint density at radius 3 is 3.11 bits per heavy atom. The molecule has 1 saturated heterocycles. The third-order valence-corrected chi connectivity index (χ3v) is 4.04. The van der Waals surface area contributed by atoms with Gasteiger partial charge in [0, 0.05) is 18.8 Å². The lowest BCUT2D eigenvalue weighted by atomic mass is 9.97. The summed E-state index contributed by atoms with van der Waals surface area (Å²) in [6.45, 7) is 4.46. The van der Waals surface area contributed by atoms with Gasteiger partial charge in [-0.2, -0.15) is 0 Å². The zero-order valence-electron chi connectivity index (χ0n) is 11.6. The number of piperidine rings is 1. The molecule has 1 aromatic heterocycles. The summed E-state index contributed by atoms with van der Waals surface area (Å²) >= 11 is 4.99. The van der Waals surface area contributed by atoms with E-state index in [1.807, 2.05) is 12.3 Å². The minimum Gasteiger partial charge on any atom is -0.388 e. The molecule has 2 N–H and O–H groups in total. The van der Waals surface area contributed by atoms with Crippen molar-refractivity contribution in [3.8, 4) is 0 Å². The molecule has 0 radical (unpaired) electrons. The first-order valence-electron chi connectivity index (χ1n) is 7.19. The molecule has 0 bridgehead atoms. The first-order valence-corrected chi connectivity index (χ1v) is 7.60. The molecule has 19 heavy (non-hydrogen) atoms. The van der Waals surface area contributed by atoms with Crippen LogP contribution in [0.2, 0.25) is 0 Å². The van der Waals surface area contributed by atoms with Crippen molar-refractivity contribution in [2.24, 2.45) is 5.73 Å². The minimum absolute atomic E-state index is 0.380. The van der Waals surface area contributed by atoms with Crippen LogP contribution < -0.4 is 5.73 Å². The van der Waals surface area contributed by atoms with Crippen molar-refractivity contribution < 1.29 is 0 Å². The van der Waals surface area contributed by atoms with Crippen molar-refractivity contribution in [2.45, 2.75) is 51.6 Å². The number of likely N-dealkylation sites (tertiary alicyclic amines) is 1. The number of pyridine rings is 1. The Morgan fingerprint density at radius 1 is 1.53 bits per heavy atom. The quantitative estimate of drug-likeness (QED) is 0.840. The molecule has 0 saturated carbocycles. The number of nitrogens with zero attached hydrogens (tertiary/aromatic N) is 2. The molecule has 1 aromatic rings. The summed E-state index contributed by atoms with van der Waals surface area (Å²) in [6, 6.07) is 4.83. The van der Waals surface area contributed by atoms with Crippen LogP contribution >= 0.6 is 12.2 Å². The predicted octanol–water partition coefficient (Wildman–Crippen LogP) is 2.87. The molecule has 1 fully saturated rings. The molecule has 4 heteroatoms. The second-order valence-corrected chi connectivity index (χ2v) is 5.76. The first kappa shape index (κ1) is 14.4. The third kappa shape index (κ3) is 3.98.